The van der Waals surface area contributed by atoms with E-state index in [9.17, 15) is 9.59 Å². The van der Waals surface area contributed by atoms with Crippen molar-refractivity contribution in [3.05, 3.63) is 48.7 Å². The van der Waals surface area contributed by atoms with Crippen LogP contribution in [0.4, 0.5) is 5.69 Å². The molecule has 7 nitrogen and oxygen atoms in total. The van der Waals surface area contributed by atoms with Crippen LogP contribution in [-0.2, 0) is 9.59 Å². The maximum absolute atomic E-state index is 13.1. The molecule has 1 N–H and O–H groups in total. The zero-order valence-electron chi connectivity index (χ0n) is 18.0. The monoisotopic (exact) mass is 422 g/mol. The van der Waals surface area contributed by atoms with Crippen LogP contribution in [0.25, 0.3) is 0 Å². The third kappa shape index (κ3) is 5.41. The number of piperidine rings is 2. The number of carbonyl (C=O) groups excluding carboxylic acids is 2. The lowest BCUT2D eigenvalue weighted by Gasteiger charge is -2.43. The van der Waals surface area contributed by atoms with Gasteiger partial charge in [0, 0.05) is 32.1 Å². The second-order valence-electron chi connectivity index (χ2n) is 8.28. The Balaban J connectivity index is 1.35. The van der Waals surface area contributed by atoms with E-state index in [0.29, 0.717) is 17.6 Å². The van der Waals surface area contributed by atoms with Crippen LogP contribution in [0, 0.1) is 0 Å². The van der Waals surface area contributed by atoms with Crippen molar-refractivity contribution >= 4 is 17.5 Å². The van der Waals surface area contributed by atoms with Crippen molar-refractivity contribution < 1.29 is 14.3 Å². The summed E-state index contributed by atoms with van der Waals surface area (Å²) in [4.78, 5) is 33.3. The van der Waals surface area contributed by atoms with Gasteiger partial charge in [0.2, 0.25) is 17.7 Å². The van der Waals surface area contributed by atoms with Crippen LogP contribution in [0.3, 0.4) is 0 Å². The van der Waals surface area contributed by atoms with E-state index in [-0.39, 0.29) is 17.9 Å². The van der Waals surface area contributed by atoms with Crippen LogP contribution in [0.2, 0.25) is 0 Å². The maximum atomic E-state index is 13.1. The SMILES string of the molecule is CC(=O)N1CCC(N2CCCC[C@H]2C(=O)Nc2ccc(Oc3ccccc3)nc2)CC1. The molecule has 4 rings (SSSR count). The molecule has 2 fully saturated rings. The molecule has 7 heteroatoms. The molecule has 1 atom stereocenters. The van der Waals surface area contributed by atoms with Crippen molar-refractivity contribution in [2.24, 2.45) is 0 Å². The summed E-state index contributed by atoms with van der Waals surface area (Å²) in [5, 5.41) is 3.04. The van der Waals surface area contributed by atoms with Crippen LogP contribution in [0.15, 0.2) is 48.7 Å². The van der Waals surface area contributed by atoms with E-state index in [1.165, 1.54) is 0 Å². The molecule has 2 amide bonds. The van der Waals surface area contributed by atoms with E-state index in [4.69, 9.17) is 4.74 Å². The van der Waals surface area contributed by atoms with Gasteiger partial charge in [-0.25, -0.2) is 4.98 Å². The third-order valence-corrected chi connectivity index (χ3v) is 6.20. The Bertz CT molecular complexity index is 879. The molecule has 164 valence electrons. The minimum atomic E-state index is -0.136. The molecular weight excluding hydrogens is 392 g/mol. The summed E-state index contributed by atoms with van der Waals surface area (Å²) in [5.41, 5.74) is 0.669. The predicted molar refractivity (Wildman–Crippen MR) is 119 cm³/mol. The van der Waals surface area contributed by atoms with Gasteiger partial charge >= 0.3 is 0 Å². The molecule has 3 heterocycles. The molecule has 2 aliphatic heterocycles. The Kier molecular flexibility index (Phi) is 6.82. The minimum absolute atomic E-state index is 0.0206. The molecule has 2 aromatic rings. The number of aromatic nitrogens is 1. The number of para-hydroxylation sites is 1. The van der Waals surface area contributed by atoms with E-state index in [1.54, 1.807) is 19.2 Å². The normalized spacial score (nSPS) is 20.3. The molecule has 0 aliphatic carbocycles. The molecule has 1 aromatic heterocycles. The lowest BCUT2D eigenvalue weighted by atomic mass is 9.94. The second kappa shape index (κ2) is 9.92. The highest BCUT2D eigenvalue weighted by atomic mass is 16.5. The van der Waals surface area contributed by atoms with Gasteiger partial charge in [0.15, 0.2) is 0 Å². The number of hydrogen-bond acceptors (Lipinski definition) is 5. The predicted octanol–water partition coefficient (Wildman–Crippen LogP) is 3.68. The van der Waals surface area contributed by atoms with Gasteiger partial charge in [-0.1, -0.05) is 24.6 Å². The number of rotatable bonds is 5. The van der Waals surface area contributed by atoms with E-state index in [0.717, 1.165) is 57.5 Å². The minimum Gasteiger partial charge on any atom is -0.439 e. The molecule has 1 aromatic carbocycles. The molecule has 2 aliphatic rings. The van der Waals surface area contributed by atoms with E-state index < -0.39 is 0 Å². The Morgan fingerprint density at radius 3 is 2.45 bits per heavy atom. The lowest BCUT2D eigenvalue weighted by Crippen LogP contribution is -2.55. The highest BCUT2D eigenvalue weighted by Crippen LogP contribution is 2.27. The van der Waals surface area contributed by atoms with Crippen LogP contribution in [0.5, 0.6) is 11.6 Å². The number of ether oxygens (including phenoxy) is 1. The zero-order valence-corrected chi connectivity index (χ0v) is 18.0. The van der Waals surface area contributed by atoms with Gasteiger partial charge in [-0.15, -0.1) is 0 Å². The first-order chi connectivity index (χ1) is 15.1. The highest BCUT2D eigenvalue weighted by molar-refractivity contribution is 5.94. The van der Waals surface area contributed by atoms with Crippen molar-refractivity contribution in [3.8, 4) is 11.6 Å². The number of likely N-dealkylation sites (tertiary alicyclic amines) is 2. The van der Waals surface area contributed by atoms with Crippen LogP contribution in [0.1, 0.15) is 39.0 Å². The molecule has 0 radical (unpaired) electrons. The largest absolute Gasteiger partial charge is 0.439 e. The first-order valence-electron chi connectivity index (χ1n) is 11.1. The van der Waals surface area contributed by atoms with Crippen molar-refractivity contribution in [3.63, 3.8) is 0 Å². The topological polar surface area (TPSA) is 74.8 Å². The number of anilines is 1. The quantitative estimate of drug-likeness (QED) is 0.796. The van der Waals surface area contributed by atoms with E-state index in [1.807, 2.05) is 41.3 Å². The fourth-order valence-electron chi connectivity index (χ4n) is 4.53. The highest BCUT2D eigenvalue weighted by Gasteiger charge is 2.35. The number of pyridine rings is 1. The van der Waals surface area contributed by atoms with Gasteiger partial charge in [-0.2, -0.15) is 0 Å². The number of hydrogen-bond donors (Lipinski definition) is 1. The smallest absolute Gasteiger partial charge is 0.241 e. The fraction of sp³-hybridized carbons (Fsp3) is 0.458. The summed E-state index contributed by atoms with van der Waals surface area (Å²) in [7, 11) is 0. The first-order valence-corrected chi connectivity index (χ1v) is 11.1. The molecule has 0 bridgehead atoms. The van der Waals surface area contributed by atoms with Crippen molar-refractivity contribution in [1.29, 1.82) is 0 Å². The van der Waals surface area contributed by atoms with Crippen molar-refractivity contribution in [2.75, 3.05) is 25.0 Å². The average Bonchev–Trinajstić information content (AvgIpc) is 2.81. The van der Waals surface area contributed by atoms with Crippen molar-refractivity contribution in [1.82, 2.24) is 14.8 Å². The van der Waals surface area contributed by atoms with Crippen LogP contribution >= 0.6 is 0 Å². The first kappa shape index (κ1) is 21.3. The summed E-state index contributed by atoms with van der Waals surface area (Å²) in [6.45, 7) is 4.11. The van der Waals surface area contributed by atoms with Gasteiger partial charge in [0.25, 0.3) is 0 Å². The van der Waals surface area contributed by atoms with E-state index in [2.05, 4.69) is 15.2 Å². The lowest BCUT2D eigenvalue weighted by molar-refractivity contribution is -0.132. The summed E-state index contributed by atoms with van der Waals surface area (Å²) in [5.74, 6) is 1.37. The molecule has 0 saturated carbocycles. The van der Waals surface area contributed by atoms with Gasteiger partial charge < -0.3 is 15.0 Å². The average molecular weight is 423 g/mol. The summed E-state index contributed by atoms with van der Waals surface area (Å²) in [6, 6.07) is 13.3. The fourth-order valence-corrected chi connectivity index (χ4v) is 4.53. The van der Waals surface area contributed by atoms with Gasteiger partial charge in [0.1, 0.15) is 5.75 Å². The Hall–Kier alpha value is -2.93. The van der Waals surface area contributed by atoms with Gasteiger partial charge in [-0.3, -0.25) is 14.5 Å². The van der Waals surface area contributed by atoms with Crippen molar-refractivity contribution in [2.45, 2.75) is 51.1 Å². The Morgan fingerprint density at radius 2 is 1.77 bits per heavy atom. The Morgan fingerprint density at radius 1 is 1.00 bits per heavy atom. The summed E-state index contributed by atoms with van der Waals surface area (Å²) >= 11 is 0. The summed E-state index contributed by atoms with van der Waals surface area (Å²) in [6.07, 6.45) is 6.52. The van der Waals surface area contributed by atoms with Crippen LogP contribution in [-0.4, -0.2) is 58.3 Å². The van der Waals surface area contributed by atoms with Crippen LogP contribution < -0.4 is 10.1 Å². The van der Waals surface area contributed by atoms with Gasteiger partial charge in [0.05, 0.1) is 17.9 Å². The zero-order chi connectivity index (χ0) is 21.6. The molecular formula is C24H30N4O3. The Labute approximate surface area is 183 Å². The number of amides is 2. The summed E-state index contributed by atoms with van der Waals surface area (Å²) < 4.78 is 5.72. The third-order valence-electron chi connectivity index (χ3n) is 6.20. The molecule has 31 heavy (non-hydrogen) atoms. The second-order valence-corrected chi connectivity index (χ2v) is 8.28. The number of nitrogens with zero attached hydrogens (tertiary/aromatic N) is 3. The molecule has 0 spiro atoms. The number of nitrogens with one attached hydrogen (secondary N) is 1. The maximum Gasteiger partial charge on any atom is 0.241 e. The van der Waals surface area contributed by atoms with Gasteiger partial charge in [-0.05, 0) is 50.4 Å². The molecule has 2 saturated heterocycles. The standard InChI is InChI=1S/C24H30N4O3/c1-18(29)27-15-12-20(13-16-27)28-14-6-5-9-22(28)24(30)26-19-10-11-23(25-17-19)31-21-7-3-2-4-8-21/h2-4,7-8,10-11,17,20,22H,5-6,9,12-16H2,1H3,(H,26,30)/t22-/m0/s1. The van der Waals surface area contributed by atoms with E-state index >= 15 is 0 Å². The molecule has 0 unspecified atom stereocenters. The number of benzene rings is 1. The number of carbonyl (C=O) groups is 2.